The van der Waals surface area contributed by atoms with Crippen LogP contribution < -0.4 is 21.1 Å². The summed E-state index contributed by atoms with van der Waals surface area (Å²) < 4.78 is 5.33. The van der Waals surface area contributed by atoms with Crippen molar-refractivity contribution in [3.63, 3.8) is 0 Å². The fraction of sp³-hybridized carbons (Fsp3) is 0.364. The molecule has 1 aliphatic rings. The lowest BCUT2D eigenvalue weighted by Crippen LogP contribution is -2.38. The SMILES string of the molecule is C=CCNC(=O)c1ccccc1NC(=O)CCc1c(C)nc(N2CCOCC2)[nH]c1=O. The molecule has 1 aliphatic heterocycles. The second-order valence-corrected chi connectivity index (χ2v) is 7.15. The van der Waals surface area contributed by atoms with Gasteiger partial charge in [-0.25, -0.2) is 4.98 Å². The molecule has 164 valence electrons. The van der Waals surface area contributed by atoms with Crippen LogP contribution in [0.5, 0.6) is 0 Å². The number of morpholine rings is 1. The van der Waals surface area contributed by atoms with Gasteiger partial charge in [-0.3, -0.25) is 19.4 Å². The Balaban J connectivity index is 1.64. The highest BCUT2D eigenvalue weighted by molar-refractivity contribution is 6.03. The lowest BCUT2D eigenvalue weighted by molar-refractivity contribution is -0.116. The second kappa shape index (κ2) is 10.5. The molecule has 0 unspecified atom stereocenters. The lowest BCUT2D eigenvalue weighted by atomic mass is 10.1. The third kappa shape index (κ3) is 5.79. The van der Waals surface area contributed by atoms with Crippen LogP contribution >= 0.6 is 0 Å². The Labute approximate surface area is 180 Å². The number of nitrogens with one attached hydrogen (secondary N) is 3. The van der Waals surface area contributed by atoms with Crippen molar-refractivity contribution in [1.29, 1.82) is 0 Å². The number of hydrogen-bond donors (Lipinski definition) is 3. The first kappa shape index (κ1) is 22.2. The number of para-hydroxylation sites is 1. The molecule has 1 aromatic carbocycles. The summed E-state index contributed by atoms with van der Waals surface area (Å²) in [7, 11) is 0. The zero-order valence-electron chi connectivity index (χ0n) is 17.6. The average molecular weight is 425 g/mol. The van der Waals surface area contributed by atoms with Gasteiger partial charge in [0.1, 0.15) is 0 Å². The van der Waals surface area contributed by atoms with E-state index in [1.165, 1.54) is 0 Å². The summed E-state index contributed by atoms with van der Waals surface area (Å²) in [6, 6.07) is 6.76. The van der Waals surface area contributed by atoms with Gasteiger partial charge in [0.05, 0.1) is 24.5 Å². The van der Waals surface area contributed by atoms with E-state index in [2.05, 4.69) is 27.2 Å². The number of carbonyl (C=O) groups is 2. The summed E-state index contributed by atoms with van der Waals surface area (Å²) in [6.07, 6.45) is 1.91. The van der Waals surface area contributed by atoms with Gasteiger partial charge in [-0.05, 0) is 25.5 Å². The molecule has 9 heteroatoms. The normalized spacial score (nSPS) is 13.5. The number of rotatable bonds is 8. The van der Waals surface area contributed by atoms with Crippen molar-refractivity contribution in [1.82, 2.24) is 15.3 Å². The number of ether oxygens (including phenoxy) is 1. The van der Waals surface area contributed by atoms with Gasteiger partial charge in [0.15, 0.2) is 0 Å². The number of aromatic nitrogens is 2. The van der Waals surface area contributed by atoms with Gasteiger partial charge < -0.3 is 20.3 Å². The van der Waals surface area contributed by atoms with Crippen molar-refractivity contribution >= 4 is 23.5 Å². The van der Waals surface area contributed by atoms with Gasteiger partial charge in [-0.1, -0.05) is 18.2 Å². The van der Waals surface area contributed by atoms with Crippen LogP contribution in [-0.4, -0.2) is 54.6 Å². The van der Waals surface area contributed by atoms with Gasteiger partial charge in [-0.15, -0.1) is 6.58 Å². The molecule has 2 amide bonds. The van der Waals surface area contributed by atoms with E-state index < -0.39 is 0 Å². The van der Waals surface area contributed by atoms with E-state index in [0.717, 1.165) is 0 Å². The third-order valence-corrected chi connectivity index (χ3v) is 4.98. The van der Waals surface area contributed by atoms with Crippen LogP contribution in [0, 0.1) is 6.92 Å². The first-order chi connectivity index (χ1) is 15.0. The highest BCUT2D eigenvalue weighted by atomic mass is 16.5. The fourth-order valence-corrected chi connectivity index (χ4v) is 3.32. The Hall–Kier alpha value is -3.46. The van der Waals surface area contributed by atoms with E-state index in [9.17, 15) is 14.4 Å². The van der Waals surface area contributed by atoms with E-state index in [-0.39, 0.29) is 30.2 Å². The number of benzene rings is 1. The standard InChI is InChI=1S/C22H27N5O4/c1-3-10-23-20(29)17-6-4-5-7-18(17)25-19(28)9-8-16-15(2)24-22(26-21(16)30)27-11-13-31-14-12-27/h3-7H,1,8-14H2,2H3,(H,23,29)(H,25,28)(H,24,26,30). The molecule has 2 heterocycles. The minimum absolute atomic E-state index is 0.0884. The number of aryl methyl sites for hydroxylation is 1. The largest absolute Gasteiger partial charge is 0.378 e. The van der Waals surface area contributed by atoms with E-state index in [4.69, 9.17) is 4.74 Å². The van der Waals surface area contributed by atoms with Gasteiger partial charge in [0, 0.05) is 37.3 Å². The van der Waals surface area contributed by atoms with E-state index in [1.807, 2.05) is 4.90 Å². The van der Waals surface area contributed by atoms with E-state index >= 15 is 0 Å². The molecule has 1 fully saturated rings. The van der Waals surface area contributed by atoms with Crippen molar-refractivity contribution in [2.24, 2.45) is 0 Å². The maximum Gasteiger partial charge on any atom is 0.255 e. The molecule has 31 heavy (non-hydrogen) atoms. The summed E-state index contributed by atoms with van der Waals surface area (Å²) in [4.78, 5) is 46.6. The fourth-order valence-electron chi connectivity index (χ4n) is 3.32. The highest BCUT2D eigenvalue weighted by Crippen LogP contribution is 2.16. The molecular formula is C22H27N5O4. The number of carbonyl (C=O) groups excluding carboxylic acids is 2. The van der Waals surface area contributed by atoms with Crippen LogP contribution in [0.1, 0.15) is 28.0 Å². The van der Waals surface area contributed by atoms with Gasteiger partial charge in [0.25, 0.3) is 11.5 Å². The summed E-state index contributed by atoms with van der Waals surface area (Å²) in [5, 5.41) is 5.45. The highest BCUT2D eigenvalue weighted by Gasteiger charge is 2.17. The molecule has 1 aromatic heterocycles. The molecule has 0 aliphatic carbocycles. The molecule has 0 radical (unpaired) electrons. The Bertz CT molecular complexity index is 1010. The van der Waals surface area contributed by atoms with Crippen LogP contribution in [0.3, 0.4) is 0 Å². The van der Waals surface area contributed by atoms with Crippen LogP contribution in [0.4, 0.5) is 11.6 Å². The van der Waals surface area contributed by atoms with Crippen molar-refractivity contribution in [3.05, 3.63) is 64.1 Å². The minimum atomic E-state index is -0.300. The molecule has 0 saturated carbocycles. The lowest BCUT2D eigenvalue weighted by Gasteiger charge is -2.27. The number of anilines is 2. The predicted octanol–water partition coefficient (Wildman–Crippen LogP) is 1.40. The Morgan fingerprint density at radius 3 is 2.74 bits per heavy atom. The summed E-state index contributed by atoms with van der Waals surface area (Å²) in [6.45, 7) is 8.20. The molecule has 0 bridgehead atoms. The molecule has 9 nitrogen and oxygen atoms in total. The van der Waals surface area contributed by atoms with Gasteiger partial charge in [0.2, 0.25) is 11.9 Å². The molecule has 1 saturated heterocycles. The summed E-state index contributed by atoms with van der Waals surface area (Å²) >= 11 is 0. The molecular weight excluding hydrogens is 398 g/mol. The van der Waals surface area contributed by atoms with Crippen molar-refractivity contribution < 1.29 is 14.3 Å². The van der Waals surface area contributed by atoms with Gasteiger partial charge in [-0.2, -0.15) is 0 Å². The predicted molar refractivity (Wildman–Crippen MR) is 119 cm³/mol. The third-order valence-electron chi connectivity index (χ3n) is 4.98. The molecule has 0 atom stereocenters. The molecule has 3 N–H and O–H groups in total. The van der Waals surface area contributed by atoms with Crippen molar-refractivity contribution in [2.45, 2.75) is 19.8 Å². The first-order valence-corrected chi connectivity index (χ1v) is 10.2. The minimum Gasteiger partial charge on any atom is -0.378 e. The zero-order valence-corrected chi connectivity index (χ0v) is 17.6. The maximum atomic E-state index is 12.6. The molecule has 0 spiro atoms. The average Bonchev–Trinajstić information content (AvgIpc) is 2.77. The Morgan fingerprint density at radius 1 is 1.29 bits per heavy atom. The number of H-pyrrole nitrogens is 1. The Morgan fingerprint density at radius 2 is 2.03 bits per heavy atom. The van der Waals surface area contributed by atoms with Gasteiger partial charge >= 0.3 is 0 Å². The molecule has 3 rings (SSSR count). The molecule has 2 aromatic rings. The Kier molecular flexibility index (Phi) is 7.55. The monoisotopic (exact) mass is 425 g/mol. The van der Waals surface area contributed by atoms with Crippen LogP contribution in [0.25, 0.3) is 0 Å². The quantitative estimate of drug-likeness (QED) is 0.551. The van der Waals surface area contributed by atoms with Crippen LogP contribution in [0.15, 0.2) is 41.7 Å². The smallest absolute Gasteiger partial charge is 0.255 e. The van der Waals surface area contributed by atoms with Crippen molar-refractivity contribution in [2.75, 3.05) is 43.1 Å². The van der Waals surface area contributed by atoms with Crippen molar-refractivity contribution in [3.8, 4) is 0 Å². The van der Waals surface area contributed by atoms with E-state index in [0.29, 0.717) is 61.3 Å². The summed E-state index contributed by atoms with van der Waals surface area (Å²) in [5.41, 5.74) is 1.61. The number of aromatic amines is 1. The number of nitrogens with zero attached hydrogens (tertiary/aromatic N) is 2. The van der Waals surface area contributed by atoms with Crippen LogP contribution in [0.2, 0.25) is 0 Å². The first-order valence-electron chi connectivity index (χ1n) is 10.2. The number of amides is 2. The topological polar surface area (TPSA) is 116 Å². The number of hydrogen-bond acceptors (Lipinski definition) is 6. The zero-order chi connectivity index (χ0) is 22.2. The maximum absolute atomic E-state index is 12.6. The van der Waals surface area contributed by atoms with Crippen LogP contribution in [-0.2, 0) is 16.0 Å². The second-order valence-electron chi connectivity index (χ2n) is 7.15. The van der Waals surface area contributed by atoms with E-state index in [1.54, 1.807) is 37.3 Å². The summed E-state index contributed by atoms with van der Waals surface area (Å²) in [5.74, 6) is -0.0653.